The normalized spacial score (nSPS) is 12.3. The third-order valence-electron chi connectivity index (χ3n) is 16.6. The Balaban J connectivity index is 3.07. The quantitative estimate of drug-likeness (QED) is 0.0347. The average molecular weight is 986 g/mol. The van der Waals surface area contributed by atoms with Gasteiger partial charge in [-0.1, -0.05) is 318 Å². The molecule has 0 N–H and O–H groups in total. The van der Waals surface area contributed by atoms with Crippen molar-refractivity contribution < 1.29 is 0 Å². The molecule has 67 heavy (non-hydrogen) atoms. The highest BCUT2D eigenvalue weighted by atomic mass is 28.3. The summed E-state index contributed by atoms with van der Waals surface area (Å²) in [5.74, 6) is 0. The highest BCUT2D eigenvalue weighted by Crippen LogP contribution is 2.35. The van der Waals surface area contributed by atoms with Gasteiger partial charge < -0.3 is 0 Å². The lowest BCUT2D eigenvalue weighted by Crippen LogP contribution is -2.47. The fourth-order valence-corrected chi connectivity index (χ4v) is 29.4. The molecular formula is C63H116Si4. The van der Waals surface area contributed by atoms with Gasteiger partial charge >= 0.3 is 0 Å². The number of allylic oxidation sites excluding steroid dienone is 6. The van der Waals surface area contributed by atoms with Gasteiger partial charge in [0.25, 0.3) is 0 Å². The lowest BCUT2D eigenvalue weighted by atomic mass is 10.2. The molecule has 1 aromatic carbocycles. The number of rotatable bonds is 52. The molecule has 0 radical (unpaired) electrons. The predicted molar refractivity (Wildman–Crippen MR) is 324 cm³/mol. The van der Waals surface area contributed by atoms with Crippen LogP contribution in [0.5, 0.6) is 0 Å². The summed E-state index contributed by atoms with van der Waals surface area (Å²) < 4.78 is 0. The Kier molecular flexibility index (Phi) is 40.1. The van der Waals surface area contributed by atoms with E-state index in [1.807, 2.05) is 0 Å². The first-order valence-electron chi connectivity index (χ1n) is 29.3. The van der Waals surface area contributed by atoms with Gasteiger partial charge in [0.15, 0.2) is 0 Å². The Morgan fingerprint density at radius 2 is 0.463 bits per heavy atom. The predicted octanol–water partition coefficient (Wildman–Crippen LogP) is 22.4. The van der Waals surface area contributed by atoms with E-state index in [0.29, 0.717) is 0 Å². The molecule has 0 aliphatic carbocycles. The smallest absolute Gasteiger partial charge is 0.0867 e. The van der Waals surface area contributed by atoms with Crippen LogP contribution in [0.2, 0.25) is 92.2 Å². The van der Waals surface area contributed by atoms with Gasteiger partial charge in [-0.3, -0.25) is 0 Å². The molecule has 0 aromatic heterocycles. The van der Waals surface area contributed by atoms with Gasteiger partial charge in [0.05, 0.1) is 32.3 Å². The van der Waals surface area contributed by atoms with Gasteiger partial charge in [0.2, 0.25) is 0 Å². The molecule has 0 spiro atoms. The second kappa shape index (κ2) is 42.2. The number of hydrogen-bond acceptors (Lipinski definition) is 0. The zero-order valence-electron chi connectivity index (χ0n) is 45.8. The maximum atomic E-state index is 4.00. The van der Waals surface area contributed by atoms with Crippen LogP contribution in [0.3, 0.4) is 0 Å². The number of unbranched alkanes of at least 4 members (excludes halogenated alkanes) is 21. The molecule has 1 aromatic rings. The molecule has 0 fully saturated rings. The molecule has 0 aliphatic heterocycles. The topological polar surface area (TPSA) is 0 Å². The van der Waals surface area contributed by atoms with Crippen LogP contribution in [0.25, 0.3) is 0 Å². The van der Waals surface area contributed by atoms with Crippen molar-refractivity contribution in [1.29, 1.82) is 0 Å². The van der Waals surface area contributed by atoms with Crippen molar-refractivity contribution in [2.75, 3.05) is 0 Å². The van der Waals surface area contributed by atoms with Crippen LogP contribution in [0.1, 0.15) is 193 Å². The fraction of sp³-hybridized carbons (Fsp3) is 0.714. The molecular weight excluding hydrogens is 869 g/mol. The van der Waals surface area contributed by atoms with Gasteiger partial charge in [-0.05, 0) is 38.5 Å². The first-order valence-corrected chi connectivity index (χ1v) is 41.3. The van der Waals surface area contributed by atoms with Crippen molar-refractivity contribution in [3.05, 3.63) is 106 Å². The summed E-state index contributed by atoms with van der Waals surface area (Å²) in [6, 6.07) is 30.6. The SMILES string of the molecule is C=CCCCC[Si](C)(CCCCC=C)CCCCCC[Si](CCCCCC[Si](C)(CCCCC=C)CCCCC=C)(CCCCCC[Si](C)(CCCCC=C)CCCCC=C)c1ccccc1. The molecule has 0 bridgehead atoms. The summed E-state index contributed by atoms with van der Waals surface area (Å²) in [6.07, 6.45) is 54.0. The third-order valence-corrected chi connectivity index (χ3v) is 36.1. The maximum Gasteiger partial charge on any atom is 0.0867 e. The first kappa shape index (κ1) is 63.5. The van der Waals surface area contributed by atoms with E-state index in [4.69, 9.17) is 0 Å². The summed E-state index contributed by atoms with van der Waals surface area (Å²) in [5.41, 5.74) is 0. The molecule has 0 saturated heterocycles. The van der Waals surface area contributed by atoms with Crippen molar-refractivity contribution in [2.24, 2.45) is 0 Å². The summed E-state index contributed by atoms with van der Waals surface area (Å²) in [6.45, 7) is 32.3. The van der Waals surface area contributed by atoms with E-state index in [1.165, 1.54) is 247 Å². The second-order valence-electron chi connectivity index (χ2n) is 23.0. The molecule has 0 heterocycles. The van der Waals surface area contributed by atoms with E-state index in [1.54, 1.807) is 23.3 Å². The zero-order chi connectivity index (χ0) is 49.1. The minimum Gasteiger partial charge on any atom is -0.103 e. The molecule has 384 valence electrons. The van der Waals surface area contributed by atoms with Crippen molar-refractivity contribution >= 4 is 37.5 Å². The standard InChI is InChI=1S/C63H116Si4/c1-10-16-22-37-51-64(7,52-38-23-17-11-2)57-43-28-31-46-60-67(63-49-35-34-36-50-63,61-47-32-29-44-58-65(8,53-39-24-18-12-3)54-40-25-19-13-4)62-48-33-30-45-59-66(9,55-41-26-20-14-5)56-42-27-21-15-6/h10-15,34-36,49-50H,1-6,16-33,37-48,51-62H2,7-9H3. The van der Waals surface area contributed by atoms with Crippen molar-refractivity contribution in [3.8, 4) is 0 Å². The van der Waals surface area contributed by atoms with E-state index in [0.717, 1.165) is 0 Å². The van der Waals surface area contributed by atoms with Crippen LogP contribution in [0.15, 0.2) is 106 Å². The monoisotopic (exact) mass is 985 g/mol. The Hall–Kier alpha value is -1.47. The minimum atomic E-state index is -1.64. The summed E-state index contributed by atoms with van der Waals surface area (Å²) >= 11 is 0. The molecule has 0 aliphatic rings. The average Bonchev–Trinajstić information content (AvgIpc) is 3.33. The second-order valence-corrected chi connectivity index (χ2v) is 43.0. The lowest BCUT2D eigenvalue weighted by molar-refractivity contribution is 0.659. The van der Waals surface area contributed by atoms with Gasteiger partial charge in [0, 0.05) is 0 Å². The molecule has 0 saturated carbocycles. The summed E-state index contributed by atoms with van der Waals surface area (Å²) in [5, 5.41) is 1.80. The van der Waals surface area contributed by atoms with Crippen LogP contribution in [-0.4, -0.2) is 32.3 Å². The largest absolute Gasteiger partial charge is 0.103 e. The molecule has 0 amide bonds. The van der Waals surface area contributed by atoms with Gasteiger partial charge in [-0.2, -0.15) is 0 Å². The highest BCUT2D eigenvalue weighted by molar-refractivity contribution is 6.92. The lowest BCUT2D eigenvalue weighted by Gasteiger charge is -2.34. The maximum absolute atomic E-state index is 4.00. The van der Waals surface area contributed by atoms with Crippen molar-refractivity contribution in [1.82, 2.24) is 0 Å². The van der Waals surface area contributed by atoms with Crippen LogP contribution in [0, 0.1) is 0 Å². The molecule has 4 heteroatoms. The van der Waals surface area contributed by atoms with Gasteiger partial charge in [-0.25, -0.2) is 0 Å². The molecule has 0 nitrogen and oxygen atoms in total. The van der Waals surface area contributed by atoms with E-state index >= 15 is 0 Å². The minimum absolute atomic E-state index is 1.19. The summed E-state index contributed by atoms with van der Waals surface area (Å²) in [4.78, 5) is 0. The van der Waals surface area contributed by atoms with E-state index in [2.05, 4.69) is 126 Å². The number of benzene rings is 1. The van der Waals surface area contributed by atoms with Crippen LogP contribution in [-0.2, 0) is 0 Å². The van der Waals surface area contributed by atoms with Crippen molar-refractivity contribution in [3.63, 3.8) is 0 Å². The summed E-state index contributed by atoms with van der Waals surface area (Å²) in [7, 11) is -5.21. The Morgan fingerprint density at radius 1 is 0.269 bits per heavy atom. The van der Waals surface area contributed by atoms with E-state index < -0.39 is 32.3 Å². The fourth-order valence-electron chi connectivity index (χ4n) is 11.9. The van der Waals surface area contributed by atoms with Gasteiger partial charge in [-0.15, -0.1) is 39.5 Å². The van der Waals surface area contributed by atoms with Crippen LogP contribution in [0.4, 0.5) is 0 Å². The Morgan fingerprint density at radius 3 is 0.672 bits per heavy atom. The first-order chi connectivity index (χ1) is 32.6. The van der Waals surface area contributed by atoms with E-state index in [9.17, 15) is 0 Å². The van der Waals surface area contributed by atoms with E-state index in [-0.39, 0.29) is 0 Å². The van der Waals surface area contributed by atoms with Crippen molar-refractivity contribution in [2.45, 2.75) is 285 Å². The van der Waals surface area contributed by atoms with Crippen LogP contribution < -0.4 is 5.19 Å². The Bertz CT molecular complexity index is 1170. The molecule has 0 unspecified atom stereocenters. The van der Waals surface area contributed by atoms with Gasteiger partial charge in [0.1, 0.15) is 0 Å². The number of hydrogen-bond donors (Lipinski definition) is 0. The molecule has 1 rings (SSSR count). The Labute approximate surface area is 426 Å². The molecule has 0 atom stereocenters. The zero-order valence-corrected chi connectivity index (χ0v) is 49.8. The highest BCUT2D eigenvalue weighted by Gasteiger charge is 2.34. The third kappa shape index (κ3) is 32.9. The van der Waals surface area contributed by atoms with Crippen LogP contribution >= 0.6 is 0 Å².